The van der Waals surface area contributed by atoms with Crippen molar-refractivity contribution in [2.24, 2.45) is 29.1 Å². The standard InChI is InChI=1S/C22H35NO3/c1-15(20(24)26-2)14-23(19-6-4-3-5-7-19)21(25)22-11-16-8-17(12-22)10-18(9-16)13-22/h15-19H,3-14H2,1-2H3. The lowest BCUT2D eigenvalue weighted by Crippen LogP contribution is -2.57. The fourth-order valence-electron chi connectivity index (χ4n) is 7.04. The molecule has 0 spiro atoms. The van der Waals surface area contributed by atoms with Gasteiger partial charge >= 0.3 is 5.97 Å². The first-order valence-electron chi connectivity index (χ1n) is 10.9. The van der Waals surface area contributed by atoms with Gasteiger partial charge in [0.05, 0.1) is 18.4 Å². The van der Waals surface area contributed by atoms with Gasteiger partial charge in [0.2, 0.25) is 5.91 Å². The number of rotatable bonds is 5. The van der Waals surface area contributed by atoms with Crippen LogP contribution in [0.25, 0.3) is 0 Å². The molecular weight excluding hydrogens is 326 g/mol. The van der Waals surface area contributed by atoms with Gasteiger partial charge < -0.3 is 9.64 Å². The highest BCUT2D eigenvalue weighted by atomic mass is 16.5. The van der Waals surface area contributed by atoms with Crippen LogP contribution < -0.4 is 0 Å². The zero-order valence-electron chi connectivity index (χ0n) is 16.5. The van der Waals surface area contributed by atoms with Crippen LogP contribution in [0.2, 0.25) is 0 Å². The van der Waals surface area contributed by atoms with Gasteiger partial charge in [0.1, 0.15) is 0 Å². The van der Waals surface area contributed by atoms with E-state index in [0.717, 1.165) is 49.9 Å². The van der Waals surface area contributed by atoms with Crippen molar-refractivity contribution in [2.75, 3.05) is 13.7 Å². The van der Waals surface area contributed by atoms with Gasteiger partial charge in [-0.2, -0.15) is 0 Å². The smallest absolute Gasteiger partial charge is 0.310 e. The number of ether oxygens (including phenoxy) is 1. The normalized spacial score (nSPS) is 37.4. The third-order valence-corrected chi connectivity index (χ3v) is 7.84. The third kappa shape index (κ3) is 3.29. The number of amides is 1. The second-order valence-electron chi connectivity index (χ2n) is 9.87. The van der Waals surface area contributed by atoms with Gasteiger partial charge in [-0.05, 0) is 69.1 Å². The Bertz CT molecular complexity index is 516. The SMILES string of the molecule is COC(=O)C(C)CN(C(=O)C12CC3CC(CC(C3)C1)C2)C1CCCCC1. The fraction of sp³-hybridized carbons (Fsp3) is 0.909. The maximum absolute atomic E-state index is 13.9. The maximum Gasteiger partial charge on any atom is 0.310 e. The highest BCUT2D eigenvalue weighted by molar-refractivity contribution is 5.84. The number of esters is 1. The Kier molecular flexibility index (Phi) is 5.04. The lowest BCUT2D eigenvalue weighted by Gasteiger charge is -2.57. The molecule has 5 aliphatic rings. The van der Waals surface area contributed by atoms with Crippen molar-refractivity contribution in [3.8, 4) is 0 Å². The number of carbonyl (C=O) groups is 2. The van der Waals surface area contributed by atoms with E-state index in [1.807, 2.05) is 6.92 Å². The molecule has 0 aromatic carbocycles. The molecule has 0 aliphatic heterocycles. The second-order valence-corrected chi connectivity index (χ2v) is 9.87. The molecule has 4 nitrogen and oxygen atoms in total. The van der Waals surface area contributed by atoms with Crippen molar-refractivity contribution in [1.82, 2.24) is 4.90 Å². The Hall–Kier alpha value is -1.06. The Morgan fingerprint density at radius 1 is 1.00 bits per heavy atom. The van der Waals surface area contributed by atoms with E-state index in [2.05, 4.69) is 4.90 Å². The molecule has 5 rings (SSSR count). The molecule has 4 bridgehead atoms. The first kappa shape index (κ1) is 18.3. The minimum Gasteiger partial charge on any atom is -0.469 e. The van der Waals surface area contributed by atoms with Gasteiger partial charge in [0, 0.05) is 12.6 Å². The van der Waals surface area contributed by atoms with Crippen molar-refractivity contribution in [3.63, 3.8) is 0 Å². The lowest BCUT2D eigenvalue weighted by molar-refractivity contribution is -0.163. The summed E-state index contributed by atoms with van der Waals surface area (Å²) < 4.78 is 4.95. The molecule has 1 unspecified atom stereocenters. The average molecular weight is 362 g/mol. The van der Waals surface area contributed by atoms with Gasteiger partial charge in [-0.15, -0.1) is 0 Å². The molecule has 5 saturated carbocycles. The van der Waals surface area contributed by atoms with E-state index in [0.29, 0.717) is 18.5 Å². The largest absolute Gasteiger partial charge is 0.469 e. The quantitative estimate of drug-likeness (QED) is 0.690. The van der Waals surface area contributed by atoms with Gasteiger partial charge in [0.25, 0.3) is 0 Å². The van der Waals surface area contributed by atoms with Crippen LogP contribution in [0.3, 0.4) is 0 Å². The fourth-order valence-corrected chi connectivity index (χ4v) is 7.04. The van der Waals surface area contributed by atoms with Crippen molar-refractivity contribution in [2.45, 2.75) is 83.6 Å². The molecule has 0 saturated heterocycles. The van der Waals surface area contributed by atoms with E-state index in [1.54, 1.807) is 0 Å². The number of hydrogen-bond acceptors (Lipinski definition) is 3. The summed E-state index contributed by atoms with van der Waals surface area (Å²) >= 11 is 0. The molecule has 5 fully saturated rings. The minimum atomic E-state index is -0.236. The van der Waals surface area contributed by atoms with Crippen molar-refractivity contribution < 1.29 is 14.3 Å². The highest BCUT2D eigenvalue weighted by Crippen LogP contribution is 2.60. The third-order valence-electron chi connectivity index (χ3n) is 7.84. The zero-order chi connectivity index (χ0) is 18.3. The van der Waals surface area contributed by atoms with Crippen LogP contribution in [0.15, 0.2) is 0 Å². The van der Waals surface area contributed by atoms with Gasteiger partial charge in [0.15, 0.2) is 0 Å². The number of hydrogen-bond donors (Lipinski definition) is 0. The van der Waals surface area contributed by atoms with E-state index in [4.69, 9.17) is 4.74 Å². The first-order valence-corrected chi connectivity index (χ1v) is 10.9. The van der Waals surface area contributed by atoms with Gasteiger partial charge in [-0.1, -0.05) is 26.2 Å². The zero-order valence-corrected chi connectivity index (χ0v) is 16.5. The Balaban J connectivity index is 1.56. The van der Waals surface area contributed by atoms with E-state index in [-0.39, 0.29) is 17.3 Å². The Labute approximate surface area is 158 Å². The van der Waals surface area contributed by atoms with E-state index in [9.17, 15) is 9.59 Å². The predicted molar refractivity (Wildman–Crippen MR) is 100 cm³/mol. The summed E-state index contributed by atoms with van der Waals surface area (Å²) in [5, 5.41) is 0. The van der Waals surface area contributed by atoms with Crippen LogP contribution in [-0.2, 0) is 14.3 Å². The monoisotopic (exact) mass is 361 g/mol. The maximum atomic E-state index is 13.9. The molecule has 0 aromatic heterocycles. The minimum absolute atomic E-state index is 0.109. The summed E-state index contributed by atoms with van der Waals surface area (Å²) in [6.45, 7) is 2.45. The summed E-state index contributed by atoms with van der Waals surface area (Å²) in [5.41, 5.74) is -0.109. The van der Waals surface area contributed by atoms with Crippen molar-refractivity contribution >= 4 is 11.9 Å². The van der Waals surface area contributed by atoms with E-state index < -0.39 is 0 Å². The molecule has 4 heteroatoms. The average Bonchev–Trinajstić information content (AvgIpc) is 2.64. The number of nitrogens with zero attached hydrogens (tertiary/aromatic N) is 1. The van der Waals surface area contributed by atoms with Gasteiger partial charge in [-0.25, -0.2) is 0 Å². The summed E-state index contributed by atoms with van der Waals surface area (Å²) in [6.07, 6.45) is 13.3. The predicted octanol–water partition coefficient (Wildman–Crippen LogP) is 4.17. The van der Waals surface area contributed by atoms with Crippen LogP contribution >= 0.6 is 0 Å². The Morgan fingerprint density at radius 2 is 1.54 bits per heavy atom. The highest BCUT2D eigenvalue weighted by Gasteiger charge is 2.56. The first-order chi connectivity index (χ1) is 12.5. The van der Waals surface area contributed by atoms with Crippen LogP contribution in [0.1, 0.15) is 77.6 Å². The summed E-state index contributed by atoms with van der Waals surface area (Å²) in [7, 11) is 1.45. The molecule has 0 N–H and O–H groups in total. The van der Waals surface area contributed by atoms with E-state index in [1.165, 1.54) is 45.6 Å². The molecule has 1 amide bonds. The van der Waals surface area contributed by atoms with Crippen LogP contribution in [0.5, 0.6) is 0 Å². The summed E-state index contributed by atoms with van der Waals surface area (Å²) in [4.78, 5) is 28.1. The molecule has 0 aromatic rings. The lowest BCUT2D eigenvalue weighted by atomic mass is 9.49. The van der Waals surface area contributed by atoms with Crippen LogP contribution in [0, 0.1) is 29.1 Å². The number of carbonyl (C=O) groups excluding carboxylic acids is 2. The molecule has 5 aliphatic carbocycles. The van der Waals surface area contributed by atoms with E-state index >= 15 is 0 Å². The summed E-state index contributed by atoms with van der Waals surface area (Å²) in [5.74, 6) is 2.28. The molecule has 26 heavy (non-hydrogen) atoms. The number of methoxy groups -OCH3 is 1. The van der Waals surface area contributed by atoms with Crippen molar-refractivity contribution in [1.29, 1.82) is 0 Å². The van der Waals surface area contributed by atoms with Crippen LogP contribution in [-0.4, -0.2) is 36.5 Å². The topological polar surface area (TPSA) is 46.6 Å². The molecule has 0 heterocycles. The van der Waals surface area contributed by atoms with Crippen molar-refractivity contribution in [3.05, 3.63) is 0 Å². The summed E-state index contributed by atoms with van der Waals surface area (Å²) in [6, 6.07) is 0.330. The molecular formula is C22H35NO3. The molecule has 146 valence electrons. The van der Waals surface area contributed by atoms with Gasteiger partial charge in [-0.3, -0.25) is 9.59 Å². The molecule has 1 atom stereocenters. The molecule has 0 radical (unpaired) electrons. The van der Waals surface area contributed by atoms with Crippen LogP contribution in [0.4, 0.5) is 0 Å². The second kappa shape index (κ2) is 7.16. The Morgan fingerprint density at radius 3 is 2.04 bits per heavy atom.